The third-order valence-electron chi connectivity index (χ3n) is 3.52. The normalized spacial score (nSPS) is 12.2. The van der Waals surface area contributed by atoms with Crippen LogP contribution in [0.2, 0.25) is 30.1 Å². The van der Waals surface area contributed by atoms with E-state index in [9.17, 15) is 0 Å². The largest absolute Gasteiger partial charge is 0.0836 e. The fourth-order valence-corrected chi connectivity index (χ4v) is 6.94. The minimum absolute atomic E-state index is 0.143. The highest BCUT2D eigenvalue weighted by Gasteiger charge is 2.28. The third-order valence-corrected chi connectivity index (χ3v) is 9.10. The predicted molar refractivity (Wildman–Crippen MR) is 115 cm³/mol. The summed E-state index contributed by atoms with van der Waals surface area (Å²) in [5, 5.41) is 4.26. The van der Waals surface area contributed by atoms with Crippen LogP contribution in [0.25, 0.3) is 0 Å². The minimum atomic E-state index is -1.18. The van der Waals surface area contributed by atoms with Crippen LogP contribution in [0.15, 0.2) is 54.6 Å². The first-order valence-corrected chi connectivity index (χ1v) is 10.7. The molecule has 0 amide bonds. The van der Waals surface area contributed by atoms with Crippen LogP contribution in [-0.4, -0.2) is 0 Å². The van der Waals surface area contributed by atoms with E-state index in [-0.39, 0.29) is 25.1 Å². The topological polar surface area (TPSA) is 0 Å². The lowest BCUT2D eigenvalue weighted by Gasteiger charge is -2.24. The molecular weight excluding hydrogens is 460 g/mol. The predicted octanol–water partition coefficient (Wildman–Crippen LogP) is 7.37. The Balaban J connectivity index is 2.37. The molecule has 0 nitrogen and oxygen atoms in total. The van der Waals surface area contributed by atoms with E-state index < -0.39 is 7.92 Å². The van der Waals surface area contributed by atoms with E-state index in [0.717, 1.165) is 10.6 Å². The van der Waals surface area contributed by atoms with Crippen molar-refractivity contribution in [2.24, 2.45) is 0 Å². The third kappa shape index (κ3) is 3.78. The lowest BCUT2D eigenvalue weighted by Crippen LogP contribution is -2.23. The summed E-state index contributed by atoms with van der Waals surface area (Å²) in [6.45, 7) is 0. The number of hydrogen-bond donors (Lipinski definition) is 0. The van der Waals surface area contributed by atoms with Gasteiger partial charge in [-0.25, -0.2) is 0 Å². The molecule has 0 heterocycles. The summed E-state index contributed by atoms with van der Waals surface area (Å²) in [4.78, 5) is 0. The molecule has 0 aliphatic rings. The SMILES string of the molecule is Clc1ccccc1P(c1ccccc1)c1c(Cl)c(Cl)c(Cl)c(Cl)c1Cl. The van der Waals surface area contributed by atoms with E-state index >= 15 is 0 Å². The van der Waals surface area contributed by atoms with E-state index in [2.05, 4.69) is 0 Å². The summed E-state index contributed by atoms with van der Waals surface area (Å²) in [6, 6.07) is 17.4. The summed E-state index contributed by atoms with van der Waals surface area (Å²) < 4.78 is 0. The van der Waals surface area contributed by atoms with Gasteiger partial charge in [-0.3, -0.25) is 0 Å². The second kappa shape index (κ2) is 8.24. The Morgan fingerprint density at radius 3 is 1.56 bits per heavy atom. The van der Waals surface area contributed by atoms with Gasteiger partial charge in [0.1, 0.15) is 0 Å². The average Bonchev–Trinajstić information content (AvgIpc) is 2.63. The van der Waals surface area contributed by atoms with Gasteiger partial charge in [-0.05, 0) is 19.3 Å². The van der Waals surface area contributed by atoms with Gasteiger partial charge >= 0.3 is 0 Å². The molecule has 1 atom stereocenters. The zero-order valence-electron chi connectivity index (χ0n) is 12.4. The number of benzene rings is 3. The highest BCUT2D eigenvalue weighted by molar-refractivity contribution is 7.80. The lowest BCUT2D eigenvalue weighted by atomic mass is 10.3. The molecule has 0 saturated heterocycles. The first-order valence-electron chi connectivity index (χ1n) is 7.04. The zero-order chi connectivity index (χ0) is 18.1. The first kappa shape index (κ1) is 19.6. The lowest BCUT2D eigenvalue weighted by molar-refractivity contribution is 1.72. The Labute approximate surface area is 177 Å². The van der Waals surface area contributed by atoms with E-state index in [0.29, 0.717) is 10.3 Å². The molecule has 1 unspecified atom stereocenters. The zero-order valence-corrected chi connectivity index (χ0v) is 17.8. The highest BCUT2D eigenvalue weighted by Crippen LogP contribution is 2.47. The summed E-state index contributed by atoms with van der Waals surface area (Å²) in [5.74, 6) is 0. The second-order valence-corrected chi connectivity index (χ2v) is 9.45. The second-order valence-electron chi connectivity index (χ2n) is 5.04. The molecular formula is C18H9Cl6P. The maximum Gasteiger partial charge on any atom is 0.0809 e. The summed E-state index contributed by atoms with van der Waals surface area (Å²) >= 11 is 38.3. The molecule has 3 aromatic rings. The van der Waals surface area contributed by atoms with Gasteiger partial charge in [0, 0.05) is 15.6 Å². The van der Waals surface area contributed by atoms with Gasteiger partial charge in [-0.15, -0.1) is 0 Å². The summed E-state index contributed by atoms with van der Waals surface area (Å²) in [5.41, 5.74) is 0. The van der Waals surface area contributed by atoms with Crippen molar-refractivity contribution in [2.75, 3.05) is 0 Å². The maximum atomic E-state index is 6.54. The Hall–Kier alpha value is -0.170. The van der Waals surface area contributed by atoms with Crippen LogP contribution in [0.5, 0.6) is 0 Å². The number of hydrogen-bond acceptors (Lipinski definition) is 0. The van der Waals surface area contributed by atoms with Crippen LogP contribution in [0.1, 0.15) is 0 Å². The molecule has 0 bridgehead atoms. The van der Waals surface area contributed by atoms with Crippen molar-refractivity contribution < 1.29 is 0 Å². The Morgan fingerprint density at radius 2 is 1.00 bits per heavy atom. The smallest absolute Gasteiger partial charge is 0.0809 e. The molecule has 0 N–H and O–H groups in total. The van der Waals surface area contributed by atoms with Crippen LogP contribution < -0.4 is 15.9 Å². The average molecular weight is 469 g/mol. The van der Waals surface area contributed by atoms with Crippen LogP contribution in [0.3, 0.4) is 0 Å². The van der Waals surface area contributed by atoms with Crippen molar-refractivity contribution in [3.05, 3.63) is 84.7 Å². The quantitative estimate of drug-likeness (QED) is 0.214. The molecule has 0 fully saturated rings. The van der Waals surface area contributed by atoms with Crippen molar-refractivity contribution in [1.82, 2.24) is 0 Å². The summed E-state index contributed by atoms with van der Waals surface area (Å²) in [6.07, 6.45) is 0. The van der Waals surface area contributed by atoms with E-state index in [4.69, 9.17) is 69.6 Å². The molecule has 128 valence electrons. The van der Waals surface area contributed by atoms with Gasteiger partial charge in [0.2, 0.25) is 0 Å². The van der Waals surface area contributed by atoms with Crippen molar-refractivity contribution in [3.8, 4) is 0 Å². The molecule has 7 heteroatoms. The van der Waals surface area contributed by atoms with E-state index in [1.165, 1.54) is 0 Å². The molecule has 0 spiro atoms. The van der Waals surface area contributed by atoms with E-state index in [1.807, 2.05) is 54.6 Å². The molecule has 0 radical (unpaired) electrons. The van der Waals surface area contributed by atoms with Gasteiger partial charge in [0.15, 0.2) is 0 Å². The fourth-order valence-electron chi connectivity index (χ4n) is 2.39. The fraction of sp³-hybridized carbons (Fsp3) is 0. The van der Waals surface area contributed by atoms with Crippen LogP contribution in [0.4, 0.5) is 0 Å². The van der Waals surface area contributed by atoms with Gasteiger partial charge in [-0.2, -0.15) is 0 Å². The Morgan fingerprint density at radius 1 is 0.520 bits per heavy atom. The Bertz CT molecular complexity index is 897. The van der Waals surface area contributed by atoms with Crippen molar-refractivity contribution in [1.29, 1.82) is 0 Å². The van der Waals surface area contributed by atoms with E-state index in [1.54, 1.807) is 0 Å². The van der Waals surface area contributed by atoms with Crippen LogP contribution >= 0.6 is 77.5 Å². The van der Waals surface area contributed by atoms with Gasteiger partial charge in [-0.1, -0.05) is 118 Å². The Kier molecular flexibility index (Phi) is 6.45. The highest BCUT2D eigenvalue weighted by atomic mass is 35.5. The standard InChI is InChI=1S/C18H9Cl6P/c19-11-8-4-5-9-12(11)25(10-6-2-1-3-7-10)18-16(23)14(21)13(20)15(22)17(18)24/h1-9H. The monoisotopic (exact) mass is 466 g/mol. The van der Waals surface area contributed by atoms with Crippen molar-refractivity contribution >= 4 is 93.4 Å². The number of rotatable bonds is 3. The molecule has 3 rings (SSSR count). The molecule has 25 heavy (non-hydrogen) atoms. The minimum Gasteiger partial charge on any atom is -0.0836 e. The molecule has 0 aliphatic heterocycles. The van der Waals surface area contributed by atoms with Crippen molar-refractivity contribution in [2.45, 2.75) is 0 Å². The molecule has 0 aliphatic carbocycles. The molecule has 3 aromatic carbocycles. The first-order chi connectivity index (χ1) is 11.9. The maximum absolute atomic E-state index is 6.54. The van der Waals surface area contributed by atoms with Crippen LogP contribution in [-0.2, 0) is 0 Å². The van der Waals surface area contributed by atoms with Crippen molar-refractivity contribution in [3.63, 3.8) is 0 Å². The van der Waals surface area contributed by atoms with Crippen LogP contribution in [0, 0.1) is 0 Å². The molecule has 0 aromatic heterocycles. The van der Waals surface area contributed by atoms with Gasteiger partial charge in [0.05, 0.1) is 25.1 Å². The molecule has 0 saturated carbocycles. The van der Waals surface area contributed by atoms with Gasteiger partial charge < -0.3 is 0 Å². The van der Waals surface area contributed by atoms with Gasteiger partial charge in [0.25, 0.3) is 0 Å². The number of halogens is 6. The summed E-state index contributed by atoms with van der Waals surface area (Å²) in [7, 11) is -1.18.